The van der Waals surface area contributed by atoms with Gasteiger partial charge in [-0.2, -0.15) is 0 Å². The van der Waals surface area contributed by atoms with Crippen molar-refractivity contribution >= 4 is 46.6 Å². The minimum Gasteiger partial charge on any atom is -0.336 e. The van der Waals surface area contributed by atoms with Crippen LogP contribution >= 0.6 is 35.0 Å². The summed E-state index contributed by atoms with van der Waals surface area (Å²) in [7, 11) is 0. The third-order valence-corrected chi connectivity index (χ3v) is 4.11. The van der Waals surface area contributed by atoms with E-state index < -0.39 is 5.25 Å². The van der Waals surface area contributed by atoms with E-state index in [0.717, 1.165) is 0 Å². The summed E-state index contributed by atoms with van der Waals surface area (Å²) in [6.45, 7) is 3.48. The molecule has 1 amide bonds. The van der Waals surface area contributed by atoms with Crippen molar-refractivity contribution in [2.45, 2.75) is 24.3 Å². The molecule has 21 heavy (non-hydrogen) atoms. The van der Waals surface area contributed by atoms with Crippen LogP contribution < -0.4 is 11.2 Å². The highest BCUT2D eigenvalue weighted by molar-refractivity contribution is 8.00. The summed E-state index contributed by atoms with van der Waals surface area (Å²) in [6.07, 6.45) is 0. The third kappa shape index (κ3) is 4.03. The van der Waals surface area contributed by atoms with Crippen molar-refractivity contribution in [1.29, 1.82) is 0 Å². The van der Waals surface area contributed by atoms with Gasteiger partial charge in [-0.25, -0.2) is 4.68 Å². The molecule has 0 saturated carbocycles. The lowest BCUT2D eigenvalue weighted by Crippen LogP contribution is -2.23. The van der Waals surface area contributed by atoms with Crippen molar-refractivity contribution in [3.63, 3.8) is 0 Å². The number of amides is 1. The Morgan fingerprint density at radius 3 is 2.48 bits per heavy atom. The van der Waals surface area contributed by atoms with Crippen molar-refractivity contribution in [3.8, 4) is 0 Å². The van der Waals surface area contributed by atoms with E-state index in [4.69, 9.17) is 29.0 Å². The summed E-state index contributed by atoms with van der Waals surface area (Å²) in [6, 6.07) is 4.84. The first-order valence-corrected chi connectivity index (χ1v) is 7.61. The standard InChI is InChI=1S/C12H13Cl2N5OS/c1-6(21-12-18-17-7(2)19(12)15)11(20)16-10-4-8(13)3-9(14)5-10/h3-6H,15H2,1-2H3,(H,16,20)/t6-/m0/s1. The molecule has 0 saturated heterocycles. The summed E-state index contributed by atoms with van der Waals surface area (Å²) in [5.41, 5.74) is 0.537. The number of carbonyl (C=O) groups is 1. The molecular formula is C12H13Cl2N5OS. The van der Waals surface area contributed by atoms with Crippen LogP contribution in [0.2, 0.25) is 10.0 Å². The summed E-state index contributed by atoms with van der Waals surface area (Å²) in [5, 5.41) is 11.5. The molecule has 0 spiro atoms. The molecule has 0 aliphatic heterocycles. The predicted octanol–water partition coefficient (Wildman–Crippen LogP) is 2.73. The first-order chi connectivity index (χ1) is 9.86. The number of nitrogens with zero attached hydrogens (tertiary/aromatic N) is 3. The van der Waals surface area contributed by atoms with Gasteiger partial charge in [-0.1, -0.05) is 35.0 Å². The molecule has 3 N–H and O–H groups in total. The van der Waals surface area contributed by atoms with E-state index in [1.54, 1.807) is 32.0 Å². The van der Waals surface area contributed by atoms with Crippen molar-refractivity contribution in [2.75, 3.05) is 11.2 Å². The second-order valence-corrected chi connectivity index (χ2v) is 6.49. The number of carbonyl (C=O) groups excluding carboxylic acids is 1. The smallest absolute Gasteiger partial charge is 0.237 e. The Morgan fingerprint density at radius 2 is 1.95 bits per heavy atom. The number of nitrogens with two attached hydrogens (primary N) is 1. The van der Waals surface area contributed by atoms with Gasteiger partial charge in [-0.3, -0.25) is 4.79 Å². The molecule has 0 radical (unpaired) electrons. The largest absolute Gasteiger partial charge is 0.336 e. The molecule has 0 bridgehead atoms. The zero-order chi connectivity index (χ0) is 15.6. The molecule has 1 aromatic heterocycles. The van der Waals surface area contributed by atoms with Gasteiger partial charge in [-0.15, -0.1) is 10.2 Å². The quantitative estimate of drug-likeness (QED) is 0.657. The van der Waals surface area contributed by atoms with E-state index in [0.29, 0.717) is 26.7 Å². The maximum Gasteiger partial charge on any atom is 0.237 e. The van der Waals surface area contributed by atoms with Crippen LogP contribution in [-0.2, 0) is 4.79 Å². The Kier molecular flexibility index (Phi) is 4.97. The second-order valence-electron chi connectivity index (χ2n) is 4.31. The first-order valence-electron chi connectivity index (χ1n) is 5.97. The first kappa shape index (κ1) is 15.9. The third-order valence-electron chi connectivity index (χ3n) is 2.62. The van der Waals surface area contributed by atoms with Crippen LogP contribution in [0.25, 0.3) is 0 Å². The summed E-state index contributed by atoms with van der Waals surface area (Å²) in [5.74, 6) is 6.11. The molecule has 9 heteroatoms. The molecule has 0 aliphatic carbocycles. The van der Waals surface area contributed by atoms with Gasteiger partial charge in [-0.05, 0) is 32.0 Å². The molecule has 112 valence electrons. The maximum atomic E-state index is 12.1. The normalized spacial score (nSPS) is 12.2. The number of nitrogens with one attached hydrogen (secondary N) is 1. The van der Waals surface area contributed by atoms with Gasteiger partial charge in [0, 0.05) is 15.7 Å². The highest BCUT2D eigenvalue weighted by atomic mass is 35.5. The van der Waals surface area contributed by atoms with Gasteiger partial charge >= 0.3 is 0 Å². The van der Waals surface area contributed by atoms with Crippen LogP contribution in [0.4, 0.5) is 5.69 Å². The van der Waals surface area contributed by atoms with Crippen LogP contribution in [0.5, 0.6) is 0 Å². The number of hydrogen-bond acceptors (Lipinski definition) is 5. The van der Waals surface area contributed by atoms with Crippen LogP contribution in [0.3, 0.4) is 0 Å². The van der Waals surface area contributed by atoms with E-state index >= 15 is 0 Å². The summed E-state index contributed by atoms with van der Waals surface area (Å²) < 4.78 is 1.34. The van der Waals surface area contributed by atoms with Crippen LogP contribution in [0, 0.1) is 6.92 Å². The number of rotatable bonds is 4. The molecule has 1 aromatic carbocycles. The number of aryl methyl sites for hydroxylation is 1. The van der Waals surface area contributed by atoms with Crippen LogP contribution in [0.15, 0.2) is 23.4 Å². The van der Waals surface area contributed by atoms with Gasteiger partial charge < -0.3 is 11.2 Å². The molecule has 1 heterocycles. The minimum absolute atomic E-state index is 0.209. The molecular weight excluding hydrogens is 333 g/mol. The van der Waals surface area contributed by atoms with Crippen LogP contribution in [-0.4, -0.2) is 26.0 Å². The highest BCUT2D eigenvalue weighted by Gasteiger charge is 2.18. The van der Waals surface area contributed by atoms with Crippen LogP contribution in [0.1, 0.15) is 12.7 Å². The molecule has 1 atom stereocenters. The average Bonchev–Trinajstić information content (AvgIpc) is 2.69. The predicted molar refractivity (Wildman–Crippen MR) is 85.3 cm³/mol. The van der Waals surface area contributed by atoms with E-state index in [-0.39, 0.29) is 5.91 Å². The Balaban J connectivity index is 2.04. The Labute approximate surface area is 136 Å². The topological polar surface area (TPSA) is 85.8 Å². The fraction of sp³-hybridized carbons (Fsp3) is 0.250. The van der Waals surface area contributed by atoms with Crippen molar-refractivity contribution in [2.24, 2.45) is 0 Å². The molecule has 0 aliphatic rings. The Bertz CT molecular complexity index is 655. The molecule has 0 fully saturated rings. The molecule has 6 nitrogen and oxygen atoms in total. The fourth-order valence-corrected chi connectivity index (χ4v) is 2.85. The van der Waals surface area contributed by atoms with E-state index in [1.807, 2.05) is 0 Å². The SMILES string of the molecule is Cc1nnc(S[C@@H](C)C(=O)Nc2cc(Cl)cc(Cl)c2)n1N. The Hall–Kier alpha value is -1.44. The van der Waals surface area contributed by atoms with Crippen molar-refractivity contribution in [3.05, 3.63) is 34.1 Å². The van der Waals surface area contributed by atoms with Gasteiger partial charge in [0.25, 0.3) is 0 Å². The van der Waals surface area contributed by atoms with Crippen molar-refractivity contribution in [1.82, 2.24) is 14.9 Å². The van der Waals surface area contributed by atoms with Crippen molar-refractivity contribution < 1.29 is 4.79 Å². The fourth-order valence-electron chi connectivity index (χ4n) is 1.51. The summed E-state index contributed by atoms with van der Waals surface area (Å²) >= 11 is 13.0. The van der Waals surface area contributed by atoms with Gasteiger partial charge in [0.1, 0.15) is 5.82 Å². The highest BCUT2D eigenvalue weighted by Crippen LogP contribution is 2.25. The lowest BCUT2D eigenvalue weighted by molar-refractivity contribution is -0.115. The maximum absolute atomic E-state index is 12.1. The van der Waals surface area contributed by atoms with Gasteiger partial charge in [0.05, 0.1) is 5.25 Å². The average molecular weight is 346 g/mol. The number of benzene rings is 1. The van der Waals surface area contributed by atoms with E-state index in [1.165, 1.54) is 16.4 Å². The molecule has 2 rings (SSSR count). The van der Waals surface area contributed by atoms with Gasteiger partial charge in [0.2, 0.25) is 11.1 Å². The second kappa shape index (κ2) is 6.55. The van der Waals surface area contributed by atoms with E-state index in [2.05, 4.69) is 15.5 Å². The number of nitrogen functional groups attached to an aromatic ring is 1. The lowest BCUT2D eigenvalue weighted by Gasteiger charge is -2.11. The zero-order valence-electron chi connectivity index (χ0n) is 11.3. The summed E-state index contributed by atoms with van der Waals surface area (Å²) in [4.78, 5) is 12.1. The number of hydrogen-bond donors (Lipinski definition) is 2. The minimum atomic E-state index is -0.409. The number of thioether (sulfide) groups is 1. The van der Waals surface area contributed by atoms with Gasteiger partial charge in [0.15, 0.2) is 0 Å². The Morgan fingerprint density at radius 1 is 1.33 bits per heavy atom. The van der Waals surface area contributed by atoms with E-state index in [9.17, 15) is 4.79 Å². The lowest BCUT2D eigenvalue weighted by atomic mass is 10.3. The number of aromatic nitrogens is 3. The molecule has 2 aromatic rings. The zero-order valence-corrected chi connectivity index (χ0v) is 13.6. The number of halogens is 2. The monoisotopic (exact) mass is 345 g/mol. The number of anilines is 1. The molecule has 0 unspecified atom stereocenters.